The zero-order valence-electron chi connectivity index (χ0n) is 27.9. The van der Waals surface area contributed by atoms with E-state index >= 15 is 0 Å². The van der Waals surface area contributed by atoms with Gasteiger partial charge in [-0.05, 0) is 106 Å². The third-order valence-corrected chi connectivity index (χ3v) is 11.4. The molecule has 0 spiro atoms. The number of benzene rings is 9. The van der Waals surface area contributed by atoms with Crippen LogP contribution < -0.4 is 0 Å². The van der Waals surface area contributed by atoms with Gasteiger partial charge in [0.25, 0.3) is 0 Å². The SMILES string of the molecule is CC1(C)c2ccc(-c3c4ccccc4c(-c4cccc5ccccc45)c4ccccc34)cc2-c2ccc3c(ccc4c5ccccc5oc34)c21. The van der Waals surface area contributed by atoms with Crippen LogP contribution in [0.25, 0.3) is 98.4 Å². The van der Waals surface area contributed by atoms with E-state index in [4.69, 9.17) is 4.42 Å². The Morgan fingerprint density at radius 1 is 0.400 bits per heavy atom. The van der Waals surface area contributed by atoms with Gasteiger partial charge in [-0.2, -0.15) is 0 Å². The summed E-state index contributed by atoms with van der Waals surface area (Å²) in [4.78, 5) is 0. The molecule has 10 aromatic rings. The van der Waals surface area contributed by atoms with E-state index in [-0.39, 0.29) is 5.41 Å². The summed E-state index contributed by atoms with van der Waals surface area (Å²) >= 11 is 0. The number of furan rings is 1. The monoisotopic (exact) mass is 636 g/mol. The summed E-state index contributed by atoms with van der Waals surface area (Å²) in [7, 11) is 0. The van der Waals surface area contributed by atoms with Gasteiger partial charge in [0.2, 0.25) is 0 Å². The molecule has 234 valence electrons. The Kier molecular flexibility index (Phi) is 5.51. The number of para-hydroxylation sites is 1. The minimum atomic E-state index is -0.162. The van der Waals surface area contributed by atoms with Gasteiger partial charge in [0.1, 0.15) is 11.2 Å². The molecule has 0 saturated carbocycles. The van der Waals surface area contributed by atoms with Crippen LogP contribution in [-0.2, 0) is 5.41 Å². The largest absolute Gasteiger partial charge is 0.455 e. The average Bonchev–Trinajstić information content (AvgIpc) is 3.65. The van der Waals surface area contributed by atoms with Crippen molar-refractivity contribution in [3.8, 4) is 33.4 Å². The average molecular weight is 637 g/mol. The molecule has 0 radical (unpaired) electrons. The number of rotatable bonds is 2. The van der Waals surface area contributed by atoms with Crippen molar-refractivity contribution >= 4 is 65.0 Å². The molecule has 1 aromatic heterocycles. The summed E-state index contributed by atoms with van der Waals surface area (Å²) in [5, 5.41) is 12.4. The summed E-state index contributed by atoms with van der Waals surface area (Å²) in [6.45, 7) is 4.76. The van der Waals surface area contributed by atoms with Gasteiger partial charge in [0, 0.05) is 21.6 Å². The van der Waals surface area contributed by atoms with Crippen LogP contribution in [0.5, 0.6) is 0 Å². The van der Waals surface area contributed by atoms with Crippen molar-refractivity contribution in [2.75, 3.05) is 0 Å². The lowest BCUT2D eigenvalue weighted by atomic mass is 9.79. The Hall–Kier alpha value is -6.18. The second-order valence-electron chi connectivity index (χ2n) is 14.4. The van der Waals surface area contributed by atoms with Gasteiger partial charge in [0.15, 0.2) is 0 Å². The molecule has 1 heterocycles. The molecule has 0 bridgehead atoms. The lowest BCUT2D eigenvalue weighted by Gasteiger charge is -2.23. The quantitative estimate of drug-likeness (QED) is 0.172. The Morgan fingerprint density at radius 3 is 1.74 bits per heavy atom. The van der Waals surface area contributed by atoms with Crippen molar-refractivity contribution in [1.82, 2.24) is 0 Å². The molecular formula is C49H32O. The fourth-order valence-corrected chi connectivity index (χ4v) is 9.26. The van der Waals surface area contributed by atoms with Crippen molar-refractivity contribution in [2.24, 2.45) is 0 Å². The van der Waals surface area contributed by atoms with Crippen molar-refractivity contribution in [2.45, 2.75) is 19.3 Å². The molecule has 0 aliphatic heterocycles. The highest BCUT2D eigenvalue weighted by Gasteiger charge is 2.37. The predicted molar refractivity (Wildman–Crippen MR) is 212 cm³/mol. The van der Waals surface area contributed by atoms with Gasteiger partial charge in [-0.25, -0.2) is 0 Å². The van der Waals surface area contributed by atoms with E-state index in [1.54, 1.807) is 0 Å². The summed E-state index contributed by atoms with van der Waals surface area (Å²) in [5.41, 5.74) is 12.2. The number of hydrogen-bond acceptors (Lipinski definition) is 1. The molecule has 1 aliphatic rings. The van der Waals surface area contributed by atoms with E-state index in [2.05, 4.69) is 166 Å². The fraction of sp³-hybridized carbons (Fsp3) is 0.0612. The molecule has 11 rings (SSSR count). The molecule has 0 fully saturated rings. The second-order valence-corrected chi connectivity index (χ2v) is 14.4. The van der Waals surface area contributed by atoms with Crippen LogP contribution in [0.15, 0.2) is 162 Å². The van der Waals surface area contributed by atoms with Crippen LogP contribution in [0.2, 0.25) is 0 Å². The molecule has 9 aromatic carbocycles. The minimum absolute atomic E-state index is 0.162. The highest BCUT2D eigenvalue weighted by molar-refractivity contribution is 6.24. The highest BCUT2D eigenvalue weighted by Crippen LogP contribution is 2.54. The van der Waals surface area contributed by atoms with Crippen LogP contribution >= 0.6 is 0 Å². The standard InChI is InChI=1S/C49H32O/c1-49(2)43-27-22-30(28-42(43)39-24-26-41-38(47(39)49)23-25-40-32-15-9-10-21-44(32)50-48(40)41)45-34-16-5-7-18-36(34)46(37-19-8-6-17-35(37)45)33-20-11-13-29-12-3-4-14-31(29)33/h3-28H,1-2H3. The highest BCUT2D eigenvalue weighted by atomic mass is 16.3. The van der Waals surface area contributed by atoms with Gasteiger partial charge in [-0.1, -0.05) is 147 Å². The number of fused-ring (bicyclic) bond motifs is 12. The van der Waals surface area contributed by atoms with E-state index in [0.717, 1.165) is 11.2 Å². The van der Waals surface area contributed by atoms with Crippen molar-refractivity contribution < 1.29 is 4.42 Å². The van der Waals surface area contributed by atoms with Crippen LogP contribution in [0.4, 0.5) is 0 Å². The fourth-order valence-electron chi connectivity index (χ4n) is 9.26. The zero-order valence-corrected chi connectivity index (χ0v) is 27.9. The molecule has 0 unspecified atom stereocenters. The van der Waals surface area contributed by atoms with Gasteiger partial charge in [-0.3, -0.25) is 0 Å². The van der Waals surface area contributed by atoms with E-state index in [1.165, 1.54) is 98.4 Å². The van der Waals surface area contributed by atoms with Gasteiger partial charge >= 0.3 is 0 Å². The summed E-state index contributed by atoms with van der Waals surface area (Å²) in [6, 6.07) is 58.1. The maximum absolute atomic E-state index is 6.49. The van der Waals surface area contributed by atoms with E-state index in [9.17, 15) is 0 Å². The van der Waals surface area contributed by atoms with Crippen molar-refractivity contribution in [3.63, 3.8) is 0 Å². The normalized spacial score (nSPS) is 13.6. The topological polar surface area (TPSA) is 13.1 Å². The molecule has 1 aliphatic carbocycles. The van der Waals surface area contributed by atoms with E-state index in [0.29, 0.717) is 0 Å². The molecule has 0 atom stereocenters. The maximum atomic E-state index is 6.49. The first-order chi connectivity index (χ1) is 24.6. The zero-order chi connectivity index (χ0) is 33.1. The Bertz CT molecular complexity index is 3000. The van der Waals surface area contributed by atoms with Crippen LogP contribution in [0, 0.1) is 0 Å². The Morgan fingerprint density at radius 2 is 0.980 bits per heavy atom. The van der Waals surface area contributed by atoms with Crippen LogP contribution in [0.3, 0.4) is 0 Å². The lowest BCUT2D eigenvalue weighted by molar-refractivity contribution is 0.665. The first-order valence-corrected chi connectivity index (χ1v) is 17.5. The summed E-state index contributed by atoms with van der Waals surface area (Å²) in [6.07, 6.45) is 0. The van der Waals surface area contributed by atoms with E-state index < -0.39 is 0 Å². The van der Waals surface area contributed by atoms with Gasteiger partial charge in [-0.15, -0.1) is 0 Å². The van der Waals surface area contributed by atoms with E-state index in [1.807, 2.05) is 6.07 Å². The Balaban J connectivity index is 1.18. The predicted octanol–water partition coefficient (Wildman–Crippen LogP) is 13.8. The molecule has 0 saturated heterocycles. The molecule has 0 N–H and O–H groups in total. The third-order valence-electron chi connectivity index (χ3n) is 11.4. The Labute approximate surface area is 290 Å². The van der Waals surface area contributed by atoms with Crippen LogP contribution in [0.1, 0.15) is 25.0 Å². The smallest absolute Gasteiger partial charge is 0.143 e. The molecule has 0 amide bonds. The first kappa shape index (κ1) is 27.7. The van der Waals surface area contributed by atoms with Gasteiger partial charge < -0.3 is 4.42 Å². The second kappa shape index (κ2) is 9.94. The summed E-state index contributed by atoms with van der Waals surface area (Å²) < 4.78 is 6.49. The molecule has 1 nitrogen and oxygen atoms in total. The lowest BCUT2D eigenvalue weighted by Crippen LogP contribution is -2.15. The first-order valence-electron chi connectivity index (χ1n) is 17.5. The van der Waals surface area contributed by atoms with Crippen LogP contribution in [-0.4, -0.2) is 0 Å². The third kappa shape index (κ3) is 3.62. The molecule has 50 heavy (non-hydrogen) atoms. The van der Waals surface area contributed by atoms with Gasteiger partial charge in [0.05, 0.1) is 0 Å². The number of hydrogen-bond donors (Lipinski definition) is 0. The maximum Gasteiger partial charge on any atom is 0.143 e. The van der Waals surface area contributed by atoms with Crippen molar-refractivity contribution in [3.05, 3.63) is 169 Å². The molecule has 1 heteroatoms. The minimum Gasteiger partial charge on any atom is -0.455 e. The van der Waals surface area contributed by atoms with Crippen molar-refractivity contribution in [1.29, 1.82) is 0 Å². The molecular weight excluding hydrogens is 605 g/mol. The summed E-state index contributed by atoms with van der Waals surface area (Å²) in [5.74, 6) is 0.